The topological polar surface area (TPSA) is 46.5 Å². The van der Waals surface area contributed by atoms with Gasteiger partial charge in [0.05, 0.1) is 7.11 Å². The molecule has 1 atom stereocenters. The lowest BCUT2D eigenvalue weighted by Crippen LogP contribution is -2.14. The second kappa shape index (κ2) is 4.77. The van der Waals surface area contributed by atoms with Crippen molar-refractivity contribution in [2.75, 3.05) is 7.11 Å². The molecule has 0 fully saturated rings. The molecule has 0 spiro atoms. The van der Waals surface area contributed by atoms with Crippen LogP contribution in [0.3, 0.4) is 0 Å². The standard InChI is InChI=1S/C11H13BrO3/c1-6-4-7(2)9(12)8(5-6)10(13)11(14)15-3/h4-5,10,13H,1-3H3. The summed E-state index contributed by atoms with van der Waals surface area (Å²) in [5, 5.41) is 9.71. The average Bonchev–Trinajstić information content (AvgIpc) is 2.21. The molecule has 0 aliphatic rings. The van der Waals surface area contributed by atoms with Crippen LogP contribution in [-0.2, 0) is 9.53 Å². The minimum atomic E-state index is -1.23. The van der Waals surface area contributed by atoms with E-state index in [-0.39, 0.29) is 0 Å². The normalized spacial score (nSPS) is 12.3. The molecule has 82 valence electrons. The van der Waals surface area contributed by atoms with E-state index >= 15 is 0 Å². The molecule has 1 N–H and O–H groups in total. The van der Waals surface area contributed by atoms with Gasteiger partial charge >= 0.3 is 5.97 Å². The molecule has 0 aliphatic heterocycles. The predicted octanol–water partition coefficient (Wildman–Crippen LogP) is 2.27. The zero-order chi connectivity index (χ0) is 11.6. The Morgan fingerprint density at radius 1 is 1.47 bits per heavy atom. The highest BCUT2D eigenvalue weighted by Gasteiger charge is 2.21. The molecule has 1 unspecified atom stereocenters. The number of carbonyl (C=O) groups is 1. The molecule has 0 saturated heterocycles. The van der Waals surface area contributed by atoms with Crippen LogP contribution in [0.1, 0.15) is 22.8 Å². The molecular formula is C11H13BrO3. The summed E-state index contributed by atoms with van der Waals surface area (Å²) >= 11 is 3.34. The van der Waals surface area contributed by atoms with E-state index in [1.54, 1.807) is 6.07 Å². The third-order valence-corrected chi connectivity index (χ3v) is 3.23. The first-order valence-electron chi connectivity index (χ1n) is 4.50. The molecule has 0 amide bonds. The van der Waals surface area contributed by atoms with E-state index in [0.29, 0.717) is 5.56 Å². The Morgan fingerprint density at radius 2 is 2.07 bits per heavy atom. The average molecular weight is 273 g/mol. The first kappa shape index (κ1) is 12.2. The number of esters is 1. The zero-order valence-corrected chi connectivity index (χ0v) is 10.5. The number of ether oxygens (including phenoxy) is 1. The van der Waals surface area contributed by atoms with Crippen molar-refractivity contribution in [2.24, 2.45) is 0 Å². The van der Waals surface area contributed by atoms with Gasteiger partial charge in [-0.2, -0.15) is 0 Å². The highest BCUT2D eigenvalue weighted by molar-refractivity contribution is 9.10. The molecule has 0 heterocycles. The van der Waals surface area contributed by atoms with Gasteiger partial charge in [-0.15, -0.1) is 0 Å². The molecule has 1 aromatic carbocycles. The Bertz CT molecular complexity index is 388. The number of hydrogen-bond donors (Lipinski definition) is 1. The number of benzene rings is 1. The van der Waals surface area contributed by atoms with E-state index in [1.807, 2.05) is 19.9 Å². The summed E-state index contributed by atoms with van der Waals surface area (Å²) in [5.74, 6) is -0.652. The number of carbonyl (C=O) groups excluding carboxylic acids is 1. The van der Waals surface area contributed by atoms with Gasteiger partial charge in [0.1, 0.15) is 0 Å². The number of rotatable bonds is 2. The fourth-order valence-electron chi connectivity index (χ4n) is 1.42. The second-order valence-corrected chi connectivity index (χ2v) is 4.20. The van der Waals surface area contributed by atoms with Gasteiger partial charge in [0.15, 0.2) is 6.10 Å². The first-order valence-corrected chi connectivity index (χ1v) is 5.29. The van der Waals surface area contributed by atoms with E-state index in [2.05, 4.69) is 20.7 Å². The van der Waals surface area contributed by atoms with E-state index in [1.165, 1.54) is 7.11 Å². The van der Waals surface area contributed by atoms with Gasteiger partial charge in [0.25, 0.3) is 0 Å². The van der Waals surface area contributed by atoms with Gasteiger partial charge in [0.2, 0.25) is 0 Å². The minimum absolute atomic E-state index is 0.541. The third-order valence-electron chi connectivity index (χ3n) is 2.15. The van der Waals surface area contributed by atoms with Crippen molar-refractivity contribution in [3.8, 4) is 0 Å². The maximum Gasteiger partial charge on any atom is 0.339 e. The maximum atomic E-state index is 11.2. The Balaban J connectivity index is 3.19. The van der Waals surface area contributed by atoms with Crippen LogP contribution in [0, 0.1) is 13.8 Å². The molecule has 1 aromatic rings. The van der Waals surface area contributed by atoms with Gasteiger partial charge in [-0.05, 0) is 19.4 Å². The number of methoxy groups -OCH3 is 1. The zero-order valence-electron chi connectivity index (χ0n) is 8.87. The van der Waals surface area contributed by atoms with Crippen molar-refractivity contribution >= 4 is 21.9 Å². The first-order chi connectivity index (χ1) is 6.97. The van der Waals surface area contributed by atoms with Gasteiger partial charge in [-0.25, -0.2) is 4.79 Å². The fourth-order valence-corrected chi connectivity index (χ4v) is 1.87. The van der Waals surface area contributed by atoms with Crippen molar-refractivity contribution in [1.82, 2.24) is 0 Å². The molecule has 0 aliphatic carbocycles. The summed E-state index contributed by atoms with van der Waals surface area (Å²) in [6.07, 6.45) is -1.23. The highest BCUT2D eigenvalue weighted by atomic mass is 79.9. The van der Waals surface area contributed by atoms with Crippen molar-refractivity contribution in [3.63, 3.8) is 0 Å². The third kappa shape index (κ3) is 2.58. The number of aliphatic hydroxyl groups excluding tert-OH is 1. The maximum absolute atomic E-state index is 11.2. The van der Waals surface area contributed by atoms with Crippen molar-refractivity contribution in [1.29, 1.82) is 0 Å². The summed E-state index contributed by atoms with van der Waals surface area (Å²) in [5.41, 5.74) is 2.51. The largest absolute Gasteiger partial charge is 0.467 e. The highest BCUT2D eigenvalue weighted by Crippen LogP contribution is 2.28. The molecule has 0 aromatic heterocycles. The number of halogens is 1. The van der Waals surface area contributed by atoms with Crippen LogP contribution in [-0.4, -0.2) is 18.2 Å². The summed E-state index contributed by atoms with van der Waals surface area (Å²) in [7, 11) is 1.25. The van der Waals surface area contributed by atoms with E-state index in [9.17, 15) is 9.90 Å². The number of hydrogen-bond acceptors (Lipinski definition) is 3. The molecule has 15 heavy (non-hydrogen) atoms. The van der Waals surface area contributed by atoms with Crippen molar-refractivity contribution < 1.29 is 14.6 Å². The second-order valence-electron chi connectivity index (χ2n) is 3.41. The van der Waals surface area contributed by atoms with Crippen LogP contribution in [0.4, 0.5) is 0 Å². The Hall–Kier alpha value is -0.870. The molecule has 0 radical (unpaired) electrons. The molecule has 0 saturated carbocycles. The number of aliphatic hydroxyl groups is 1. The summed E-state index contributed by atoms with van der Waals surface area (Å²) in [6.45, 7) is 3.82. The molecular weight excluding hydrogens is 260 g/mol. The van der Waals surface area contributed by atoms with E-state index in [4.69, 9.17) is 0 Å². The van der Waals surface area contributed by atoms with Gasteiger partial charge in [-0.1, -0.05) is 33.6 Å². The Labute approximate surface area is 97.2 Å². The summed E-state index contributed by atoms with van der Waals surface area (Å²) in [6, 6.07) is 3.73. The van der Waals surface area contributed by atoms with Crippen LogP contribution < -0.4 is 0 Å². The monoisotopic (exact) mass is 272 g/mol. The van der Waals surface area contributed by atoms with Crippen LogP contribution in [0.2, 0.25) is 0 Å². The lowest BCUT2D eigenvalue weighted by Gasteiger charge is -2.13. The quantitative estimate of drug-likeness (QED) is 0.841. The van der Waals surface area contributed by atoms with E-state index < -0.39 is 12.1 Å². The fraction of sp³-hybridized carbons (Fsp3) is 0.364. The van der Waals surface area contributed by atoms with Crippen LogP contribution in [0.15, 0.2) is 16.6 Å². The van der Waals surface area contributed by atoms with Crippen molar-refractivity contribution in [3.05, 3.63) is 33.3 Å². The van der Waals surface area contributed by atoms with Crippen LogP contribution in [0.5, 0.6) is 0 Å². The molecule has 3 nitrogen and oxygen atoms in total. The molecule has 4 heteroatoms. The SMILES string of the molecule is COC(=O)C(O)c1cc(C)cc(C)c1Br. The van der Waals surface area contributed by atoms with Crippen LogP contribution >= 0.6 is 15.9 Å². The summed E-state index contributed by atoms with van der Waals surface area (Å²) < 4.78 is 5.23. The number of aryl methyl sites for hydroxylation is 2. The Kier molecular flexibility index (Phi) is 3.88. The molecule has 0 bridgehead atoms. The van der Waals surface area contributed by atoms with E-state index in [0.717, 1.165) is 15.6 Å². The van der Waals surface area contributed by atoms with Gasteiger partial charge in [-0.3, -0.25) is 0 Å². The van der Waals surface area contributed by atoms with Crippen molar-refractivity contribution in [2.45, 2.75) is 20.0 Å². The minimum Gasteiger partial charge on any atom is -0.467 e. The van der Waals surface area contributed by atoms with Gasteiger partial charge < -0.3 is 9.84 Å². The smallest absolute Gasteiger partial charge is 0.339 e. The lowest BCUT2D eigenvalue weighted by atomic mass is 10.0. The van der Waals surface area contributed by atoms with Gasteiger partial charge in [0, 0.05) is 10.0 Å². The lowest BCUT2D eigenvalue weighted by molar-refractivity contribution is -0.150. The molecule has 1 rings (SSSR count). The van der Waals surface area contributed by atoms with Crippen LogP contribution in [0.25, 0.3) is 0 Å². The predicted molar refractivity (Wildman–Crippen MR) is 60.6 cm³/mol. The Morgan fingerprint density at radius 3 is 2.60 bits per heavy atom. The summed E-state index contributed by atoms with van der Waals surface area (Å²) in [4.78, 5) is 11.2.